The first-order valence-electron chi connectivity index (χ1n) is 1.01. The fourth-order valence-electron chi connectivity index (χ4n) is 0. The molecule has 9 heteroatoms. The molecule has 0 nitrogen and oxygen atoms in total. The molecule has 0 saturated heterocycles. The molecule has 0 spiro atoms. The van der Waals surface area contributed by atoms with Crippen LogP contribution in [0.3, 0.4) is 0 Å². The van der Waals surface area contributed by atoms with Crippen molar-refractivity contribution in [2.24, 2.45) is 0 Å². The van der Waals surface area contributed by atoms with Crippen LogP contribution in [0.2, 0.25) is 0 Å². The molecular weight excluding hydrogens is 159 g/mol. The van der Waals surface area contributed by atoms with Gasteiger partial charge in [-0.3, -0.25) is 0 Å². The standard InChI is InChI=1S/F6P.2Li.H/c1-7(2,3,4,5)6;;;/q-1;2*+1;-1. The van der Waals surface area contributed by atoms with Crippen molar-refractivity contribution in [3.63, 3.8) is 0 Å². The first-order chi connectivity index (χ1) is 2.45. The van der Waals surface area contributed by atoms with Gasteiger partial charge in [0.05, 0.1) is 0 Å². The van der Waals surface area contributed by atoms with Crippen LogP contribution in [0.4, 0.5) is 25.2 Å². The Morgan fingerprint density at radius 2 is 0.667 bits per heavy atom. The average Bonchev–Trinajstić information content (AvgIpc) is 0.592. The number of hydrogen-bond donors (Lipinski definition) is 0. The third kappa shape index (κ3) is 329. The molecule has 0 N–H and O–H groups in total. The molecule has 0 aliphatic carbocycles. The van der Waals surface area contributed by atoms with Gasteiger partial charge in [0.1, 0.15) is 0 Å². The van der Waals surface area contributed by atoms with Gasteiger partial charge in [0.15, 0.2) is 0 Å². The molecule has 0 aromatic heterocycles. The molecular formula is HF6Li2P. The Morgan fingerprint density at radius 1 is 0.667 bits per heavy atom. The van der Waals surface area contributed by atoms with E-state index in [-0.39, 0.29) is 39.1 Å². The van der Waals surface area contributed by atoms with Crippen LogP contribution in [0.15, 0.2) is 0 Å². The van der Waals surface area contributed by atoms with E-state index in [1.807, 2.05) is 0 Å². The molecule has 0 amide bonds. The Kier molecular flexibility index (Phi) is 4.37. The minimum atomic E-state index is -10.7. The molecule has 0 unspecified atom stereocenters. The van der Waals surface area contributed by atoms with E-state index in [0.717, 1.165) is 0 Å². The number of rotatable bonds is 0. The Labute approximate surface area is 72.4 Å². The molecule has 9 heavy (non-hydrogen) atoms. The van der Waals surface area contributed by atoms with Crippen molar-refractivity contribution < 1.29 is 64.3 Å². The summed E-state index contributed by atoms with van der Waals surface area (Å²) < 4.78 is 59.2. The minimum absolute atomic E-state index is 0. The van der Waals surface area contributed by atoms with Crippen LogP contribution in [0.5, 0.6) is 0 Å². The maximum Gasteiger partial charge on any atom is 1.00 e. The zero-order valence-corrected chi connectivity index (χ0v) is 5.61. The predicted octanol–water partition coefficient (Wildman–Crippen LogP) is -2.50. The molecule has 0 aromatic carbocycles. The van der Waals surface area contributed by atoms with Crippen LogP contribution >= 0.6 is 7.81 Å². The van der Waals surface area contributed by atoms with E-state index in [0.29, 0.717) is 0 Å². The summed E-state index contributed by atoms with van der Waals surface area (Å²) in [7, 11) is -10.7. The van der Waals surface area contributed by atoms with Crippen molar-refractivity contribution in [3.05, 3.63) is 0 Å². The van der Waals surface area contributed by atoms with Crippen molar-refractivity contribution in [2.45, 2.75) is 0 Å². The fraction of sp³-hybridized carbons (Fsp3) is 0. The van der Waals surface area contributed by atoms with E-state index in [9.17, 15) is 25.2 Å². The van der Waals surface area contributed by atoms with Crippen molar-refractivity contribution >= 4 is 7.81 Å². The summed E-state index contributed by atoms with van der Waals surface area (Å²) in [6.45, 7) is 0. The Balaban J connectivity index is -0.0000000600. The molecule has 0 fully saturated rings. The first-order valence-corrected chi connectivity index (χ1v) is 3.04. The summed E-state index contributed by atoms with van der Waals surface area (Å²) in [5, 5.41) is 0. The summed E-state index contributed by atoms with van der Waals surface area (Å²) in [4.78, 5) is 0. The Hall–Kier alpha value is 1.20. The van der Waals surface area contributed by atoms with Gasteiger partial charge in [0.25, 0.3) is 0 Å². The zero-order valence-electron chi connectivity index (χ0n) is 5.72. The molecule has 0 saturated carbocycles. The molecule has 0 radical (unpaired) electrons. The van der Waals surface area contributed by atoms with Crippen LogP contribution in [0.25, 0.3) is 0 Å². The summed E-state index contributed by atoms with van der Waals surface area (Å²) in [6.07, 6.45) is 0. The largest absolute Gasteiger partial charge is 1.00 e. The van der Waals surface area contributed by atoms with E-state index < -0.39 is 7.81 Å². The van der Waals surface area contributed by atoms with Gasteiger partial charge in [0.2, 0.25) is 0 Å². The third-order valence-electron chi connectivity index (χ3n) is 0. The molecule has 50 valence electrons. The van der Waals surface area contributed by atoms with Crippen molar-refractivity contribution in [1.82, 2.24) is 0 Å². The topological polar surface area (TPSA) is 0 Å². The molecule has 0 rings (SSSR count). The summed E-state index contributed by atoms with van der Waals surface area (Å²) in [6, 6.07) is 0. The predicted molar refractivity (Wildman–Crippen MR) is 14.7 cm³/mol. The second-order valence-corrected chi connectivity index (χ2v) is 2.87. The minimum Gasteiger partial charge on any atom is -1.00 e. The summed E-state index contributed by atoms with van der Waals surface area (Å²) in [5.74, 6) is 0. The van der Waals surface area contributed by atoms with Crippen molar-refractivity contribution in [2.75, 3.05) is 0 Å². The molecule has 0 atom stereocenters. The SMILES string of the molecule is F[P-](F)(F)(F)(F)F.[H-].[Li+].[Li+]. The van der Waals surface area contributed by atoms with Gasteiger partial charge in [-0.1, -0.05) is 0 Å². The maximum absolute atomic E-state index is 10.7. The smallest absolute Gasteiger partial charge is 1.00 e. The Bertz CT molecular complexity index is 74.3. The van der Waals surface area contributed by atoms with Gasteiger partial charge in [0, 0.05) is 0 Å². The second kappa shape index (κ2) is 2.36. The summed E-state index contributed by atoms with van der Waals surface area (Å²) in [5.41, 5.74) is 0. The molecule has 0 bridgehead atoms. The van der Waals surface area contributed by atoms with E-state index in [2.05, 4.69) is 0 Å². The summed E-state index contributed by atoms with van der Waals surface area (Å²) >= 11 is 0. The van der Waals surface area contributed by atoms with E-state index in [1.165, 1.54) is 0 Å². The maximum atomic E-state index is 9.87. The van der Waals surface area contributed by atoms with Gasteiger partial charge in [-0.25, -0.2) is 0 Å². The monoisotopic (exact) mass is 160 g/mol. The second-order valence-electron chi connectivity index (χ2n) is 0.958. The fourth-order valence-corrected chi connectivity index (χ4v) is 0. The quantitative estimate of drug-likeness (QED) is 0.209. The number of hydrogen-bond acceptors (Lipinski definition) is 0. The van der Waals surface area contributed by atoms with Gasteiger partial charge in [-0.15, -0.1) is 0 Å². The first kappa shape index (κ1) is 16.7. The molecule has 0 aliphatic rings. The molecule has 0 heterocycles. The molecule has 0 aliphatic heterocycles. The van der Waals surface area contributed by atoms with Crippen LogP contribution in [0, 0.1) is 0 Å². The van der Waals surface area contributed by atoms with Gasteiger partial charge >= 0.3 is 70.7 Å². The van der Waals surface area contributed by atoms with Crippen molar-refractivity contribution in [1.29, 1.82) is 0 Å². The van der Waals surface area contributed by atoms with Crippen molar-refractivity contribution in [3.8, 4) is 0 Å². The van der Waals surface area contributed by atoms with Crippen LogP contribution in [-0.2, 0) is 0 Å². The van der Waals surface area contributed by atoms with E-state index in [1.54, 1.807) is 0 Å². The van der Waals surface area contributed by atoms with Crippen LogP contribution in [0.1, 0.15) is 1.43 Å². The number of halogens is 6. The zero-order chi connectivity index (χ0) is 6.41. The van der Waals surface area contributed by atoms with Crippen LogP contribution in [-0.4, -0.2) is 0 Å². The Morgan fingerprint density at radius 3 is 0.667 bits per heavy atom. The normalized spacial score (nSPS) is 18.0. The van der Waals surface area contributed by atoms with Gasteiger partial charge in [-0.05, 0) is 0 Å². The molecule has 0 aromatic rings. The van der Waals surface area contributed by atoms with E-state index >= 15 is 0 Å². The third-order valence-corrected chi connectivity index (χ3v) is 0. The van der Waals surface area contributed by atoms with Gasteiger partial charge < -0.3 is 1.43 Å². The van der Waals surface area contributed by atoms with E-state index in [4.69, 9.17) is 0 Å². The van der Waals surface area contributed by atoms with Gasteiger partial charge in [-0.2, -0.15) is 0 Å². The average molecular weight is 160 g/mol. The van der Waals surface area contributed by atoms with Crippen LogP contribution < -0.4 is 37.7 Å².